The predicted molar refractivity (Wildman–Crippen MR) is 232 cm³/mol. The van der Waals surface area contributed by atoms with Crippen LogP contribution in [0.25, 0.3) is 76.9 Å². The van der Waals surface area contributed by atoms with Crippen molar-refractivity contribution in [2.24, 2.45) is 0 Å². The first-order valence-corrected chi connectivity index (χ1v) is 19.1. The fourth-order valence-electron chi connectivity index (χ4n) is 9.17. The van der Waals surface area contributed by atoms with Crippen LogP contribution in [0.5, 0.6) is 0 Å². The van der Waals surface area contributed by atoms with Crippen LogP contribution in [0, 0.1) is 0 Å². The van der Waals surface area contributed by atoms with E-state index in [1.807, 2.05) is 12.1 Å². The molecule has 11 rings (SSSR count). The highest BCUT2D eigenvalue weighted by Gasteiger charge is 2.35. The summed E-state index contributed by atoms with van der Waals surface area (Å²) < 4.78 is 6.26. The van der Waals surface area contributed by atoms with Crippen molar-refractivity contribution >= 4 is 60.5 Å². The molecule has 0 radical (unpaired) electrons. The highest BCUT2D eigenvalue weighted by molar-refractivity contribution is 6.10. The minimum atomic E-state index is -0.110. The highest BCUT2D eigenvalue weighted by atomic mass is 16.3. The zero-order chi connectivity index (χ0) is 36.7. The lowest BCUT2D eigenvalue weighted by atomic mass is 9.82. The molecule has 1 aromatic heterocycles. The topological polar surface area (TPSA) is 16.4 Å². The second-order valence-electron chi connectivity index (χ2n) is 15.3. The van der Waals surface area contributed by atoms with Gasteiger partial charge in [-0.3, -0.25) is 0 Å². The first kappa shape index (κ1) is 31.6. The molecule has 260 valence electrons. The molecule has 0 amide bonds. The summed E-state index contributed by atoms with van der Waals surface area (Å²) in [4.78, 5) is 2.39. The smallest absolute Gasteiger partial charge is 0.135 e. The number of anilines is 3. The summed E-state index contributed by atoms with van der Waals surface area (Å²) in [6.45, 7) is 4.69. The van der Waals surface area contributed by atoms with Crippen LogP contribution in [0.15, 0.2) is 192 Å². The maximum atomic E-state index is 6.26. The number of hydrogen-bond acceptors (Lipinski definition) is 2. The van der Waals surface area contributed by atoms with Gasteiger partial charge in [-0.25, -0.2) is 0 Å². The molecule has 9 aromatic carbocycles. The number of hydrogen-bond donors (Lipinski definition) is 0. The lowest BCUT2D eigenvalue weighted by Gasteiger charge is -2.28. The van der Waals surface area contributed by atoms with Gasteiger partial charge >= 0.3 is 0 Å². The molecule has 1 heterocycles. The van der Waals surface area contributed by atoms with Crippen LogP contribution >= 0.6 is 0 Å². The maximum absolute atomic E-state index is 6.26. The zero-order valence-corrected chi connectivity index (χ0v) is 30.8. The summed E-state index contributed by atoms with van der Waals surface area (Å²) >= 11 is 0. The first-order valence-electron chi connectivity index (χ1n) is 19.1. The molecule has 0 fully saturated rings. The van der Waals surface area contributed by atoms with Gasteiger partial charge in [0.15, 0.2) is 0 Å². The number of fused-ring (bicyclic) bond motifs is 8. The van der Waals surface area contributed by atoms with E-state index in [1.165, 1.54) is 66.1 Å². The van der Waals surface area contributed by atoms with Gasteiger partial charge in [0.1, 0.15) is 11.2 Å². The van der Waals surface area contributed by atoms with Gasteiger partial charge in [0, 0.05) is 33.2 Å². The Bertz CT molecular complexity index is 3120. The van der Waals surface area contributed by atoms with Crippen LogP contribution in [0.1, 0.15) is 25.0 Å². The molecular weight excluding hydrogens is 667 g/mol. The summed E-state index contributed by atoms with van der Waals surface area (Å²) in [5.41, 5.74) is 15.3. The molecular formula is C53H37NO. The van der Waals surface area contributed by atoms with Gasteiger partial charge in [-0.05, 0) is 115 Å². The van der Waals surface area contributed by atoms with E-state index in [0.29, 0.717) is 0 Å². The Hall–Kier alpha value is -6.90. The number of rotatable bonds is 5. The van der Waals surface area contributed by atoms with Crippen molar-refractivity contribution in [2.75, 3.05) is 4.90 Å². The van der Waals surface area contributed by atoms with Gasteiger partial charge in [-0.2, -0.15) is 0 Å². The average molecular weight is 704 g/mol. The van der Waals surface area contributed by atoms with E-state index < -0.39 is 0 Å². The van der Waals surface area contributed by atoms with Crippen molar-refractivity contribution < 1.29 is 4.42 Å². The Morgan fingerprint density at radius 3 is 1.76 bits per heavy atom. The first-order chi connectivity index (χ1) is 27.0. The second-order valence-corrected chi connectivity index (χ2v) is 15.3. The van der Waals surface area contributed by atoms with Gasteiger partial charge in [-0.1, -0.05) is 153 Å². The van der Waals surface area contributed by atoms with Gasteiger partial charge in [0.05, 0.1) is 0 Å². The van der Waals surface area contributed by atoms with Crippen molar-refractivity contribution in [3.05, 3.63) is 199 Å². The summed E-state index contributed by atoms with van der Waals surface area (Å²) in [6.07, 6.45) is 0. The fourth-order valence-corrected chi connectivity index (χ4v) is 9.17. The molecule has 2 heteroatoms. The zero-order valence-electron chi connectivity index (χ0n) is 30.8. The minimum absolute atomic E-state index is 0.110. The van der Waals surface area contributed by atoms with Crippen LogP contribution in [-0.2, 0) is 5.41 Å². The Labute approximate surface area is 320 Å². The van der Waals surface area contributed by atoms with Gasteiger partial charge in [0.2, 0.25) is 0 Å². The molecule has 1 aliphatic rings. The molecule has 0 spiro atoms. The highest BCUT2D eigenvalue weighted by Crippen LogP contribution is 2.51. The van der Waals surface area contributed by atoms with Crippen molar-refractivity contribution in [1.82, 2.24) is 0 Å². The monoisotopic (exact) mass is 703 g/mol. The second kappa shape index (κ2) is 12.1. The summed E-state index contributed by atoms with van der Waals surface area (Å²) in [7, 11) is 0. The van der Waals surface area contributed by atoms with Crippen molar-refractivity contribution in [1.29, 1.82) is 0 Å². The van der Waals surface area contributed by atoms with E-state index in [-0.39, 0.29) is 5.41 Å². The van der Waals surface area contributed by atoms with Crippen LogP contribution < -0.4 is 4.90 Å². The average Bonchev–Trinajstić information content (AvgIpc) is 3.72. The summed E-state index contributed by atoms with van der Waals surface area (Å²) in [5, 5.41) is 7.26. The van der Waals surface area contributed by atoms with Gasteiger partial charge in [-0.15, -0.1) is 0 Å². The third kappa shape index (κ3) is 4.88. The molecule has 1 aliphatic carbocycles. The molecule has 10 aromatic rings. The maximum Gasteiger partial charge on any atom is 0.135 e. The third-order valence-corrected chi connectivity index (χ3v) is 11.9. The molecule has 0 saturated heterocycles. The van der Waals surface area contributed by atoms with E-state index >= 15 is 0 Å². The van der Waals surface area contributed by atoms with E-state index in [2.05, 4.69) is 195 Å². The SMILES string of the molecule is CC1(C)c2ccccc2-c2ccc(N(c3ccc(-c4ccc(-c5cccc6ccccc56)c5ccccc45)cc3)c3ccc4oc5ccccc5c4c3)cc21. The Kier molecular flexibility index (Phi) is 6.93. The van der Waals surface area contributed by atoms with E-state index in [4.69, 9.17) is 4.42 Å². The Morgan fingerprint density at radius 1 is 0.364 bits per heavy atom. The summed E-state index contributed by atoms with van der Waals surface area (Å²) in [6, 6.07) is 68.5. The quantitative estimate of drug-likeness (QED) is 0.177. The van der Waals surface area contributed by atoms with Crippen LogP contribution in [0.2, 0.25) is 0 Å². The van der Waals surface area contributed by atoms with E-state index in [1.54, 1.807) is 0 Å². The molecule has 55 heavy (non-hydrogen) atoms. The van der Waals surface area contributed by atoms with E-state index in [9.17, 15) is 0 Å². The Morgan fingerprint density at radius 2 is 0.909 bits per heavy atom. The van der Waals surface area contributed by atoms with Crippen molar-refractivity contribution in [2.45, 2.75) is 19.3 Å². The van der Waals surface area contributed by atoms with Crippen molar-refractivity contribution in [3.63, 3.8) is 0 Å². The molecule has 0 aliphatic heterocycles. The summed E-state index contributed by atoms with van der Waals surface area (Å²) in [5.74, 6) is 0. The third-order valence-electron chi connectivity index (χ3n) is 11.9. The molecule has 0 N–H and O–H groups in total. The van der Waals surface area contributed by atoms with E-state index in [0.717, 1.165) is 39.0 Å². The van der Waals surface area contributed by atoms with Gasteiger partial charge in [0.25, 0.3) is 0 Å². The van der Waals surface area contributed by atoms with Gasteiger partial charge < -0.3 is 9.32 Å². The number of benzene rings is 9. The predicted octanol–water partition coefficient (Wildman–Crippen LogP) is 15.0. The number of para-hydroxylation sites is 1. The van der Waals surface area contributed by atoms with Crippen LogP contribution in [0.4, 0.5) is 17.1 Å². The lowest BCUT2D eigenvalue weighted by molar-refractivity contribution is 0.660. The molecule has 0 bridgehead atoms. The largest absolute Gasteiger partial charge is 0.456 e. The minimum Gasteiger partial charge on any atom is -0.456 e. The molecule has 0 atom stereocenters. The molecule has 0 saturated carbocycles. The normalized spacial score (nSPS) is 13.1. The molecule has 2 nitrogen and oxygen atoms in total. The van der Waals surface area contributed by atoms with Crippen LogP contribution in [-0.4, -0.2) is 0 Å². The number of furan rings is 1. The number of nitrogens with zero attached hydrogens (tertiary/aromatic N) is 1. The Balaban J connectivity index is 1.05. The van der Waals surface area contributed by atoms with Crippen LogP contribution in [0.3, 0.4) is 0 Å². The lowest BCUT2D eigenvalue weighted by Crippen LogP contribution is -2.16. The molecule has 0 unspecified atom stereocenters. The van der Waals surface area contributed by atoms with Crippen molar-refractivity contribution in [3.8, 4) is 33.4 Å². The standard InChI is InChI=1S/C53H37NO/c1-53(2)49-20-9-7-17-45(49)46-28-26-38(33-50(46)53)54(37-27-31-52-48(32-37)47-18-8-10-21-51(47)55-52)36-24-22-35(23-25-36)40-29-30-44(43-16-6-5-15-41(40)43)42-19-11-13-34-12-3-4-14-39(34)42/h3-33H,1-2H3. The fraction of sp³-hybridized carbons (Fsp3) is 0.0566.